The molecule has 0 radical (unpaired) electrons. The molecule has 2 aromatic carbocycles. The fourth-order valence-electron chi connectivity index (χ4n) is 4.19. The molecular formula is C24H25NO5. The van der Waals surface area contributed by atoms with Crippen molar-refractivity contribution in [2.75, 3.05) is 20.2 Å². The number of piperidine rings is 1. The summed E-state index contributed by atoms with van der Waals surface area (Å²) < 4.78 is 11.3. The summed E-state index contributed by atoms with van der Waals surface area (Å²) in [4.78, 5) is 39.3. The molecule has 2 heterocycles. The van der Waals surface area contributed by atoms with E-state index >= 15 is 0 Å². The molecule has 0 atom stereocenters. The minimum atomic E-state index is -0.527. The normalized spacial score (nSPS) is 17.2. The van der Waals surface area contributed by atoms with Gasteiger partial charge in [0.1, 0.15) is 17.1 Å². The number of nitrogens with zero attached hydrogens (tertiary/aromatic N) is 1. The Morgan fingerprint density at radius 3 is 2.43 bits per heavy atom. The number of amides is 1. The van der Waals surface area contributed by atoms with Crippen molar-refractivity contribution >= 4 is 17.5 Å². The molecule has 6 nitrogen and oxygen atoms in total. The second kappa shape index (κ2) is 8.30. The van der Waals surface area contributed by atoms with Crippen LogP contribution in [0.3, 0.4) is 0 Å². The zero-order valence-corrected chi connectivity index (χ0v) is 17.1. The van der Waals surface area contributed by atoms with E-state index in [-0.39, 0.29) is 30.3 Å². The Labute approximate surface area is 175 Å². The van der Waals surface area contributed by atoms with E-state index in [2.05, 4.69) is 0 Å². The Hall–Kier alpha value is -3.15. The van der Waals surface area contributed by atoms with Crippen LogP contribution in [0.4, 0.5) is 0 Å². The molecule has 1 fully saturated rings. The molecule has 6 heteroatoms. The van der Waals surface area contributed by atoms with Crippen molar-refractivity contribution in [1.82, 2.24) is 4.90 Å². The maximum Gasteiger partial charge on any atom is 0.223 e. The second-order valence-corrected chi connectivity index (χ2v) is 7.91. The average Bonchev–Trinajstić information content (AvgIpc) is 2.78. The highest BCUT2D eigenvalue weighted by Crippen LogP contribution is 2.39. The lowest BCUT2D eigenvalue weighted by atomic mass is 9.82. The molecule has 4 rings (SSSR count). The van der Waals surface area contributed by atoms with Gasteiger partial charge in [-0.05, 0) is 36.4 Å². The van der Waals surface area contributed by atoms with Crippen LogP contribution in [0.15, 0.2) is 48.5 Å². The molecule has 0 aromatic heterocycles. The number of hydrogen-bond acceptors (Lipinski definition) is 5. The van der Waals surface area contributed by atoms with Crippen molar-refractivity contribution in [3.8, 4) is 11.5 Å². The van der Waals surface area contributed by atoms with Gasteiger partial charge in [-0.1, -0.05) is 12.1 Å². The van der Waals surface area contributed by atoms with E-state index in [9.17, 15) is 14.4 Å². The molecule has 1 saturated heterocycles. The number of para-hydroxylation sites is 1. The molecule has 0 unspecified atom stereocenters. The highest BCUT2D eigenvalue weighted by atomic mass is 16.5. The average molecular weight is 407 g/mol. The SMILES string of the molecule is COc1ccc(C(=O)CCC(=O)N2CCC3(CC2)CC(=O)c2ccccc2O3)cc1. The predicted molar refractivity (Wildman–Crippen MR) is 111 cm³/mol. The van der Waals surface area contributed by atoms with Gasteiger partial charge in [0.05, 0.1) is 19.1 Å². The monoisotopic (exact) mass is 407 g/mol. The first-order valence-corrected chi connectivity index (χ1v) is 10.3. The molecule has 0 saturated carbocycles. The van der Waals surface area contributed by atoms with Crippen LogP contribution in [0.2, 0.25) is 0 Å². The molecule has 30 heavy (non-hydrogen) atoms. The molecule has 1 spiro atoms. The van der Waals surface area contributed by atoms with Crippen LogP contribution >= 0.6 is 0 Å². The second-order valence-electron chi connectivity index (χ2n) is 7.91. The largest absolute Gasteiger partial charge is 0.497 e. The molecule has 2 aliphatic rings. The topological polar surface area (TPSA) is 72.9 Å². The first kappa shape index (κ1) is 20.1. The standard InChI is InChI=1S/C24H25NO5/c1-29-18-8-6-17(7-9-18)20(26)10-11-23(28)25-14-12-24(13-15-25)16-21(27)19-4-2-3-5-22(19)30-24/h2-9H,10-16H2,1H3. The van der Waals surface area contributed by atoms with Crippen LogP contribution in [0.5, 0.6) is 11.5 Å². The summed E-state index contributed by atoms with van der Waals surface area (Å²) in [5, 5.41) is 0. The van der Waals surface area contributed by atoms with Gasteiger partial charge in [0.2, 0.25) is 5.91 Å². The van der Waals surface area contributed by atoms with Gasteiger partial charge in [0.25, 0.3) is 0 Å². The van der Waals surface area contributed by atoms with Crippen molar-refractivity contribution in [2.45, 2.75) is 37.7 Å². The number of Topliss-reactive ketones (excluding diaryl/α,β-unsaturated/α-hetero) is 2. The van der Waals surface area contributed by atoms with Crippen LogP contribution in [-0.2, 0) is 4.79 Å². The Kier molecular flexibility index (Phi) is 5.57. The molecular weight excluding hydrogens is 382 g/mol. The summed E-state index contributed by atoms with van der Waals surface area (Å²) in [5.74, 6) is 1.34. The molecule has 0 bridgehead atoms. The van der Waals surface area contributed by atoms with Gasteiger partial charge in [-0.15, -0.1) is 0 Å². The molecule has 2 aromatic rings. The zero-order chi connectivity index (χ0) is 21.1. The van der Waals surface area contributed by atoms with E-state index in [1.165, 1.54) is 0 Å². The third-order valence-electron chi connectivity index (χ3n) is 6.00. The van der Waals surface area contributed by atoms with Gasteiger partial charge in [-0.25, -0.2) is 0 Å². The van der Waals surface area contributed by atoms with Crippen LogP contribution < -0.4 is 9.47 Å². The number of benzene rings is 2. The maximum absolute atomic E-state index is 12.6. The number of ether oxygens (including phenoxy) is 2. The molecule has 0 aliphatic carbocycles. The Morgan fingerprint density at radius 2 is 1.73 bits per heavy atom. The maximum atomic E-state index is 12.6. The lowest BCUT2D eigenvalue weighted by Gasteiger charge is -2.44. The third kappa shape index (κ3) is 4.08. The molecule has 156 valence electrons. The van der Waals surface area contributed by atoms with Gasteiger partial charge in [-0.3, -0.25) is 14.4 Å². The van der Waals surface area contributed by atoms with Crippen molar-refractivity contribution in [1.29, 1.82) is 0 Å². The third-order valence-corrected chi connectivity index (χ3v) is 6.00. The number of carbonyl (C=O) groups excluding carboxylic acids is 3. The summed E-state index contributed by atoms with van der Waals surface area (Å²) >= 11 is 0. The van der Waals surface area contributed by atoms with E-state index in [0.29, 0.717) is 55.0 Å². The zero-order valence-electron chi connectivity index (χ0n) is 17.1. The molecule has 2 aliphatic heterocycles. The molecule has 0 N–H and O–H groups in total. The molecule has 1 amide bonds. The Bertz CT molecular complexity index is 958. The number of rotatable bonds is 5. The lowest BCUT2D eigenvalue weighted by Crippen LogP contribution is -2.52. The van der Waals surface area contributed by atoms with Crippen LogP contribution in [0.25, 0.3) is 0 Å². The van der Waals surface area contributed by atoms with Crippen molar-refractivity contribution < 1.29 is 23.9 Å². The fourth-order valence-corrected chi connectivity index (χ4v) is 4.19. The van der Waals surface area contributed by atoms with E-state index in [1.807, 2.05) is 18.2 Å². The number of carbonyl (C=O) groups is 3. The number of likely N-dealkylation sites (tertiary alicyclic amines) is 1. The Morgan fingerprint density at radius 1 is 1.03 bits per heavy atom. The highest BCUT2D eigenvalue weighted by Gasteiger charge is 2.43. The number of ketones is 2. The minimum absolute atomic E-state index is 0.0331. The van der Waals surface area contributed by atoms with Crippen LogP contribution in [-0.4, -0.2) is 48.2 Å². The van der Waals surface area contributed by atoms with Gasteiger partial charge in [0.15, 0.2) is 11.6 Å². The first-order chi connectivity index (χ1) is 14.5. The van der Waals surface area contributed by atoms with Gasteiger partial charge in [0, 0.05) is 44.3 Å². The number of fused-ring (bicyclic) bond motifs is 1. The quantitative estimate of drug-likeness (QED) is 0.707. The van der Waals surface area contributed by atoms with Gasteiger partial charge < -0.3 is 14.4 Å². The summed E-state index contributed by atoms with van der Waals surface area (Å²) in [5.41, 5.74) is 0.689. The van der Waals surface area contributed by atoms with E-state index in [0.717, 1.165) is 0 Å². The number of hydrogen-bond donors (Lipinski definition) is 0. The lowest BCUT2D eigenvalue weighted by molar-refractivity contribution is -0.134. The minimum Gasteiger partial charge on any atom is -0.497 e. The van der Waals surface area contributed by atoms with Crippen molar-refractivity contribution in [2.24, 2.45) is 0 Å². The number of methoxy groups -OCH3 is 1. The summed E-state index contributed by atoms with van der Waals surface area (Å²) in [6.07, 6.45) is 1.94. The first-order valence-electron chi connectivity index (χ1n) is 10.3. The summed E-state index contributed by atoms with van der Waals surface area (Å²) in [7, 11) is 1.57. The van der Waals surface area contributed by atoms with Gasteiger partial charge in [-0.2, -0.15) is 0 Å². The predicted octanol–water partition coefficient (Wildman–Crippen LogP) is 3.68. The van der Waals surface area contributed by atoms with Crippen molar-refractivity contribution in [3.63, 3.8) is 0 Å². The van der Waals surface area contributed by atoms with E-state index in [4.69, 9.17) is 9.47 Å². The smallest absolute Gasteiger partial charge is 0.223 e. The van der Waals surface area contributed by atoms with E-state index < -0.39 is 5.60 Å². The van der Waals surface area contributed by atoms with Crippen molar-refractivity contribution in [3.05, 3.63) is 59.7 Å². The Balaban J connectivity index is 1.30. The summed E-state index contributed by atoms with van der Waals surface area (Å²) in [6, 6.07) is 14.2. The van der Waals surface area contributed by atoms with E-state index in [1.54, 1.807) is 42.3 Å². The fraction of sp³-hybridized carbons (Fsp3) is 0.375. The van der Waals surface area contributed by atoms with Gasteiger partial charge >= 0.3 is 0 Å². The van der Waals surface area contributed by atoms with Crippen LogP contribution in [0.1, 0.15) is 52.8 Å². The summed E-state index contributed by atoms with van der Waals surface area (Å²) in [6.45, 7) is 1.07. The highest BCUT2D eigenvalue weighted by molar-refractivity contribution is 6.00. The van der Waals surface area contributed by atoms with Crippen LogP contribution in [0, 0.1) is 0 Å².